The van der Waals surface area contributed by atoms with Crippen LogP contribution in [0.2, 0.25) is 0 Å². The maximum absolute atomic E-state index is 13.0. The highest BCUT2D eigenvalue weighted by Crippen LogP contribution is 2.27. The second-order valence-electron chi connectivity index (χ2n) is 6.26. The molecule has 0 radical (unpaired) electrons. The van der Waals surface area contributed by atoms with Gasteiger partial charge in [-0.2, -0.15) is 5.10 Å². The number of aryl methyl sites for hydroxylation is 2. The normalized spacial score (nSPS) is 12.2. The van der Waals surface area contributed by atoms with Crippen LogP contribution in [0.5, 0.6) is 0 Å². The summed E-state index contributed by atoms with van der Waals surface area (Å²) in [6.07, 6.45) is 0. The molecule has 7 nitrogen and oxygen atoms in total. The van der Waals surface area contributed by atoms with E-state index in [1.807, 2.05) is 37.3 Å². The summed E-state index contributed by atoms with van der Waals surface area (Å²) in [5, 5.41) is 14.2. The number of carbonyl (C=O) groups excluding carboxylic acids is 1. The minimum absolute atomic E-state index is 0.374. The van der Waals surface area contributed by atoms with E-state index in [9.17, 15) is 14.7 Å². The summed E-state index contributed by atoms with van der Waals surface area (Å²) in [6.45, 7) is 3.29. The van der Waals surface area contributed by atoms with Crippen LogP contribution in [0.3, 0.4) is 0 Å². The van der Waals surface area contributed by atoms with Crippen molar-refractivity contribution in [1.82, 2.24) is 19.7 Å². The fourth-order valence-electron chi connectivity index (χ4n) is 2.90. The van der Waals surface area contributed by atoms with Gasteiger partial charge in [-0.1, -0.05) is 30.3 Å². The van der Waals surface area contributed by atoms with E-state index in [0.29, 0.717) is 28.0 Å². The lowest BCUT2D eigenvalue weighted by Crippen LogP contribution is -2.40. The zero-order valence-electron chi connectivity index (χ0n) is 15.1. The Balaban J connectivity index is 2.23. The van der Waals surface area contributed by atoms with Gasteiger partial charge < -0.3 is 10.0 Å². The van der Waals surface area contributed by atoms with Crippen molar-refractivity contribution in [2.24, 2.45) is 7.05 Å². The summed E-state index contributed by atoms with van der Waals surface area (Å²) in [7, 11) is 3.26. The Morgan fingerprint density at radius 1 is 1.23 bits per heavy atom. The molecule has 2 heterocycles. The third-order valence-electron chi connectivity index (χ3n) is 4.53. The molecule has 0 aliphatic heterocycles. The Morgan fingerprint density at radius 3 is 2.50 bits per heavy atom. The quantitative estimate of drug-likeness (QED) is 0.779. The fraction of sp³-hybridized carbons (Fsp3) is 0.263. The SMILES string of the molecule is Cc1nn(C)c2nc(-c3ccccc3)cc(C(=O)N(C)C(C)C(=O)O)c12. The van der Waals surface area contributed by atoms with Crippen LogP contribution in [0.15, 0.2) is 36.4 Å². The Morgan fingerprint density at radius 2 is 1.88 bits per heavy atom. The number of hydrogen-bond donors (Lipinski definition) is 1. The van der Waals surface area contributed by atoms with Crippen molar-refractivity contribution in [3.63, 3.8) is 0 Å². The number of carboxylic acid groups (broad SMARTS) is 1. The summed E-state index contributed by atoms with van der Waals surface area (Å²) in [6, 6.07) is 10.3. The predicted octanol–water partition coefficient (Wildman–Crippen LogP) is 2.49. The largest absolute Gasteiger partial charge is 0.480 e. The molecule has 3 rings (SSSR count). The molecule has 0 bridgehead atoms. The molecule has 1 amide bonds. The standard InChI is InChI=1S/C19H20N4O3/c1-11-16-14(18(24)22(3)12(2)19(25)26)10-15(13-8-6-5-7-9-13)20-17(16)23(4)21-11/h5-10,12H,1-4H3,(H,25,26). The third-order valence-corrected chi connectivity index (χ3v) is 4.53. The molecule has 7 heteroatoms. The molecule has 0 aliphatic carbocycles. The number of aromatic nitrogens is 3. The van der Waals surface area contributed by atoms with E-state index in [-0.39, 0.29) is 5.91 Å². The zero-order valence-corrected chi connectivity index (χ0v) is 15.1. The molecular weight excluding hydrogens is 332 g/mol. The van der Waals surface area contributed by atoms with E-state index in [1.54, 1.807) is 17.8 Å². The van der Waals surface area contributed by atoms with Crippen LogP contribution in [0.1, 0.15) is 23.0 Å². The second-order valence-corrected chi connectivity index (χ2v) is 6.26. The molecule has 1 aromatic carbocycles. The Kier molecular flexibility index (Phi) is 4.46. The van der Waals surface area contributed by atoms with Crippen LogP contribution < -0.4 is 0 Å². The molecule has 2 aromatic heterocycles. The summed E-state index contributed by atoms with van der Waals surface area (Å²) >= 11 is 0. The summed E-state index contributed by atoms with van der Waals surface area (Å²) < 4.78 is 1.63. The van der Waals surface area contributed by atoms with E-state index in [2.05, 4.69) is 10.1 Å². The lowest BCUT2D eigenvalue weighted by Gasteiger charge is -2.22. The highest BCUT2D eigenvalue weighted by Gasteiger charge is 2.26. The van der Waals surface area contributed by atoms with Crippen molar-refractivity contribution in [3.8, 4) is 11.3 Å². The number of carboxylic acids is 1. The molecule has 26 heavy (non-hydrogen) atoms. The first kappa shape index (κ1) is 17.6. The minimum Gasteiger partial charge on any atom is -0.480 e. The number of rotatable bonds is 4. The van der Waals surface area contributed by atoms with Crippen molar-refractivity contribution < 1.29 is 14.7 Å². The maximum Gasteiger partial charge on any atom is 0.326 e. The number of aliphatic carboxylic acids is 1. The highest BCUT2D eigenvalue weighted by atomic mass is 16.4. The van der Waals surface area contributed by atoms with Gasteiger partial charge >= 0.3 is 5.97 Å². The van der Waals surface area contributed by atoms with Gasteiger partial charge in [0.1, 0.15) is 6.04 Å². The highest BCUT2D eigenvalue weighted by molar-refractivity contribution is 6.08. The number of amides is 1. The van der Waals surface area contributed by atoms with Crippen LogP contribution >= 0.6 is 0 Å². The van der Waals surface area contributed by atoms with Crippen LogP contribution in [0.25, 0.3) is 22.3 Å². The van der Waals surface area contributed by atoms with Crippen molar-refractivity contribution >= 4 is 22.9 Å². The first-order valence-corrected chi connectivity index (χ1v) is 8.21. The van der Waals surface area contributed by atoms with Gasteiger partial charge in [0.25, 0.3) is 5.91 Å². The monoisotopic (exact) mass is 352 g/mol. The van der Waals surface area contributed by atoms with Gasteiger partial charge in [-0.15, -0.1) is 0 Å². The molecule has 0 aliphatic rings. The zero-order chi connectivity index (χ0) is 19.0. The van der Waals surface area contributed by atoms with Crippen LogP contribution in [-0.2, 0) is 11.8 Å². The molecule has 1 N–H and O–H groups in total. The second kappa shape index (κ2) is 6.59. The van der Waals surface area contributed by atoms with Gasteiger partial charge in [-0.05, 0) is 19.9 Å². The number of hydrogen-bond acceptors (Lipinski definition) is 4. The van der Waals surface area contributed by atoms with Gasteiger partial charge in [-0.3, -0.25) is 9.48 Å². The molecule has 0 saturated carbocycles. The van der Waals surface area contributed by atoms with E-state index in [1.165, 1.54) is 18.9 Å². The van der Waals surface area contributed by atoms with Crippen molar-refractivity contribution in [1.29, 1.82) is 0 Å². The van der Waals surface area contributed by atoms with Gasteiger partial charge in [0, 0.05) is 19.7 Å². The topological polar surface area (TPSA) is 88.3 Å². The third kappa shape index (κ3) is 2.92. The summed E-state index contributed by atoms with van der Waals surface area (Å²) in [5.74, 6) is -1.43. The molecule has 3 aromatic rings. The van der Waals surface area contributed by atoms with Crippen molar-refractivity contribution in [3.05, 3.63) is 47.7 Å². The van der Waals surface area contributed by atoms with E-state index < -0.39 is 12.0 Å². The molecular formula is C19H20N4O3. The first-order chi connectivity index (χ1) is 12.3. The van der Waals surface area contributed by atoms with Crippen LogP contribution in [0.4, 0.5) is 0 Å². The molecule has 0 spiro atoms. The predicted molar refractivity (Wildman–Crippen MR) is 97.9 cm³/mol. The van der Waals surface area contributed by atoms with Crippen molar-refractivity contribution in [2.75, 3.05) is 7.05 Å². The molecule has 0 fully saturated rings. The number of likely N-dealkylation sites (N-methyl/N-ethyl adjacent to an activating group) is 1. The fourth-order valence-corrected chi connectivity index (χ4v) is 2.90. The number of fused-ring (bicyclic) bond motifs is 1. The number of nitrogens with zero attached hydrogens (tertiary/aromatic N) is 4. The number of pyridine rings is 1. The average molecular weight is 352 g/mol. The average Bonchev–Trinajstić information content (AvgIpc) is 2.93. The molecule has 1 atom stereocenters. The van der Waals surface area contributed by atoms with E-state index >= 15 is 0 Å². The Bertz CT molecular complexity index is 995. The lowest BCUT2D eigenvalue weighted by molar-refractivity contribution is -0.141. The lowest BCUT2D eigenvalue weighted by atomic mass is 10.0. The molecule has 0 saturated heterocycles. The summed E-state index contributed by atoms with van der Waals surface area (Å²) in [4.78, 5) is 30.2. The maximum atomic E-state index is 13.0. The van der Waals surface area contributed by atoms with E-state index in [4.69, 9.17) is 0 Å². The van der Waals surface area contributed by atoms with Crippen molar-refractivity contribution in [2.45, 2.75) is 19.9 Å². The van der Waals surface area contributed by atoms with Crippen LogP contribution in [0, 0.1) is 6.92 Å². The summed E-state index contributed by atoms with van der Waals surface area (Å²) in [5.41, 5.74) is 3.17. The number of benzene rings is 1. The van der Waals surface area contributed by atoms with E-state index in [0.717, 1.165) is 5.56 Å². The molecule has 134 valence electrons. The molecule has 1 unspecified atom stereocenters. The van der Waals surface area contributed by atoms with Crippen LogP contribution in [-0.4, -0.2) is 49.7 Å². The minimum atomic E-state index is -1.06. The first-order valence-electron chi connectivity index (χ1n) is 8.21. The Hall–Kier alpha value is -3.22. The number of carbonyl (C=O) groups is 2. The van der Waals surface area contributed by atoms with Gasteiger partial charge in [0.2, 0.25) is 0 Å². The smallest absolute Gasteiger partial charge is 0.326 e. The van der Waals surface area contributed by atoms with Gasteiger partial charge in [0.05, 0.1) is 22.3 Å². The Labute approximate surface area is 150 Å². The van der Waals surface area contributed by atoms with Gasteiger partial charge in [-0.25, -0.2) is 9.78 Å². The van der Waals surface area contributed by atoms with Gasteiger partial charge in [0.15, 0.2) is 5.65 Å².